The highest BCUT2D eigenvalue weighted by atomic mass is 32.2. The smallest absolute Gasteiger partial charge is 0.192 e. The highest BCUT2D eigenvalue weighted by Gasteiger charge is 2.20. The van der Waals surface area contributed by atoms with Gasteiger partial charge in [-0.15, -0.1) is 0 Å². The minimum atomic E-state index is -0.567. The van der Waals surface area contributed by atoms with Crippen LogP contribution in [-0.2, 0) is 4.52 Å². The molecule has 4 N–H and O–H groups in total. The Morgan fingerprint density at radius 1 is 1.19 bits per heavy atom. The molecule has 0 saturated carbocycles. The van der Waals surface area contributed by atoms with Crippen LogP contribution in [0.5, 0.6) is 0 Å². The summed E-state index contributed by atoms with van der Waals surface area (Å²) in [5.41, 5.74) is 2.17. The van der Waals surface area contributed by atoms with Crippen LogP contribution >= 0.6 is 32.1 Å². The number of nitrogens with one attached hydrogen (secondary N) is 2. The molecule has 0 fully saturated rings. The first-order valence-electron chi connectivity index (χ1n) is 11.8. The van der Waals surface area contributed by atoms with Crippen molar-refractivity contribution in [3.8, 4) is 6.07 Å². The molecule has 0 aliphatic rings. The number of aliphatic hydroxyl groups is 2. The molecule has 3 aromatic rings. The molecule has 9 nitrogen and oxygen atoms in total. The molecule has 0 bridgehead atoms. The molecule has 12 heteroatoms. The molecule has 2 aromatic heterocycles. The molecule has 2 heterocycles. The normalized spacial score (nSPS) is 15.2. The lowest BCUT2D eigenvalue weighted by Crippen LogP contribution is -2.26. The maximum atomic E-state index is 9.94. The monoisotopic (exact) mass is 548 g/mol. The second kappa shape index (κ2) is 13.5. The minimum absolute atomic E-state index is 0.0140. The van der Waals surface area contributed by atoms with Gasteiger partial charge in [-0.3, -0.25) is 0 Å². The SMILES string of the molecule is CC(C)CC(CO)Nc1nc(SC(C)c2cccc(C#N)c2)nc2nc(NPOC(C)C(C)O)sc12. The standard InChI is InChI=1S/C24H33N6O3PS2/c1-13(2)9-19(12-31)26-21-20-22(29-24(36-20)30-34-33-15(4)14(3)32)28-23(27-21)35-16(5)18-8-6-7-17(10-18)11-25/h6-8,10,13-16,19,31-32,34H,9,12H2,1-5H3,(H2,26,27,28,29,30). The lowest BCUT2D eigenvalue weighted by atomic mass is 10.0. The first-order valence-corrected chi connectivity index (χ1v) is 14.4. The molecule has 0 spiro atoms. The van der Waals surface area contributed by atoms with Crippen molar-refractivity contribution in [1.82, 2.24) is 15.0 Å². The van der Waals surface area contributed by atoms with Crippen molar-refractivity contribution in [3.63, 3.8) is 0 Å². The number of aliphatic hydroxyl groups excluding tert-OH is 2. The van der Waals surface area contributed by atoms with Gasteiger partial charge in [-0.25, -0.2) is 9.97 Å². The van der Waals surface area contributed by atoms with Gasteiger partial charge in [0.2, 0.25) is 0 Å². The first kappa shape index (κ1) is 28.5. The number of rotatable bonds is 13. The van der Waals surface area contributed by atoms with Crippen LogP contribution in [0.4, 0.5) is 10.9 Å². The molecular formula is C24H33N6O3PS2. The third kappa shape index (κ3) is 7.97. The topological polar surface area (TPSA) is 136 Å². The zero-order valence-corrected chi connectivity index (χ0v) is 23.7. The van der Waals surface area contributed by atoms with E-state index in [1.807, 2.05) is 32.0 Å². The summed E-state index contributed by atoms with van der Waals surface area (Å²) in [5.74, 6) is 1.04. The Bertz CT molecular complexity index is 1190. The number of nitrogens with zero attached hydrogens (tertiary/aromatic N) is 4. The number of aromatic nitrogens is 3. The van der Waals surface area contributed by atoms with Crippen LogP contribution in [0.3, 0.4) is 0 Å². The minimum Gasteiger partial charge on any atom is -0.394 e. The van der Waals surface area contributed by atoms with E-state index in [-0.39, 0.29) is 33.0 Å². The fraction of sp³-hybridized carbons (Fsp3) is 0.500. The molecule has 0 radical (unpaired) electrons. The van der Waals surface area contributed by atoms with E-state index in [4.69, 9.17) is 14.5 Å². The largest absolute Gasteiger partial charge is 0.394 e. The second-order valence-electron chi connectivity index (χ2n) is 8.97. The van der Waals surface area contributed by atoms with E-state index in [9.17, 15) is 15.5 Å². The summed E-state index contributed by atoms with van der Waals surface area (Å²) in [7, 11) is -0.0720. The van der Waals surface area contributed by atoms with E-state index in [1.165, 1.54) is 23.1 Å². The van der Waals surface area contributed by atoms with Gasteiger partial charge in [0, 0.05) is 5.25 Å². The molecule has 194 valence electrons. The summed E-state index contributed by atoms with van der Waals surface area (Å²) >= 11 is 2.90. The average molecular weight is 549 g/mol. The van der Waals surface area contributed by atoms with Crippen LogP contribution in [0.2, 0.25) is 0 Å². The predicted octanol–water partition coefficient (Wildman–Crippen LogP) is 5.34. The van der Waals surface area contributed by atoms with Gasteiger partial charge in [0.15, 0.2) is 21.8 Å². The van der Waals surface area contributed by atoms with E-state index in [0.717, 1.165) is 16.7 Å². The zero-order chi connectivity index (χ0) is 26.2. The zero-order valence-electron chi connectivity index (χ0n) is 21.0. The Hall–Kier alpha value is -2.06. The molecule has 0 saturated heterocycles. The molecule has 0 amide bonds. The number of benzene rings is 1. The lowest BCUT2D eigenvalue weighted by molar-refractivity contribution is 0.0715. The van der Waals surface area contributed by atoms with Crippen molar-refractivity contribution in [2.75, 3.05) is 17.0 Å². The lowest BCUT2D eigenvalue weighted by Gasteiger charge is -2.19. The Kier molecular flexibility index (Phi) is 10.7. The van der Waals surface area contributed by atoms with Gasteiger partial charge in [0.1, 0.15) is 13.7 Å². The molecular weight excluding hydrogens is 515 g/mol. The summed E-state index contributed by atoms with van der Waals surface area (Å²) in [6.45, 7) is 9.76. The molecule has 36 heavy (non-hydrogen) atoms. The highest BCUT2D eigenvalue weighted by Crippen LogP contribution is 2.38. The number of nitriles is 1. The number of anilines is 2. The highest BCUT2D eigenvalue weighted by molar-refractivity contribution is 7.99. The fourth-order valence-corrected chi connectivity index (χ4v) is 5.81. The van der Waals surface area contributed by atoms with E-state index in [0.29, 0.717) is 33.2 Å². The van der Waals surface area contributed by atoms with Gasteiger partial charge in [0.25, 0.3) is 0 Å². The summed E-state index contributed by atoms with van der Waals surface area (Å²) < 4.78 is 6.41. The van der Waals surface area contributed by atoms with Gasteiger partial charge < -0.3 is 25.1 Å². The Labute approximate surface area is 222 Å². The average Bonchev–Trinajstić information content (AvgIpc) is 3.26. The maximum absolute atomic E-state index is 9.94. The van der Waals surface area contributed by atoms with Crippen molar-refractivity contribution in [2.24, 2.45) is 5.92 Å². The third-order valence-corrected chi connectivity index (χ3v) is 8.40. The molecule has 0 aliphatic carbocycles. The number of thioether (sulfide) groups is 1. The summed E-state index contributed by atoms with van der Waals surface area (Å²) in [6, 6.07) is 9.55. The molecule has 5 atom stereocenters. The van der Waals surface area contributed by atoms with Gasteiger partial charge in [-0.05, 0) is 50.8 Å². The van der Waals surface area contributed by atoms with Crippen LogP contribution in [0.1, 0.15) is 57.4 Å². The summed E-state index contributed by atoms with van der Waals surface area (Å²) in [4.78, 5) is 14.1. The van der Waals surface area contributed by atoms with E-state index >= 15 is 0 Å². The van der Waals surface area contributed by atoms with Gasteiger partial charge in [-0.1, -0.05) is 49.1 Å². The van der Waals surface area contributed by atoms with Crippen LogP contribution in [0, 0.1) is 17.2 Å². The third-order valence-electron chi connectivity index (χ3n) is 5.40. The van der Waals surface area contributed by atoms with E-state index in [2.05, 4.69) is 35.3 Å². The van der Waals surface area contributed by atoms with Crippen molar-refractivity contribution in [2.45, 2.75) is 69.7 Å². The van der Waals surface area contributed by atoms with E-state index in [1.54, 1.807) is 13.0 Å². The van der Waals surface area contributed by atoms with Crippen molar-refractivity contribution >= 4 is 53.4 Å². The van der Waals surface area contributed by atoms with Crippen LogP contribution in [-0.4, -0.2) is 50.0 Å². The molecule has 5 unspecified atom stereocenters. The number of fused-ring (bicyclic) bond motifs is 1. The number of hydrogen-bond donors (Lipinski definition) is 4. The van der Waals surface area contributed by atoms with Crippen LogP contribution in [0.15, 0.2) is 29.4 Å². The Morgan fingerprint density at radius 2 is 1.97 bits per heavy atom. The van der Waals surface area contributed by atoms with Gasteiger partial charge in [-0.2, -0.15) is 10.2 Å². The molecule has 1 aromatic carbocycles. The second-order valence-corrected chi connectivity index (χ2v) is 12.0. The van der Waals surface area contributed by atoms with E-state index < -0.39 is 6.10 Å². The quantitative estimate of drug-likeness (QED) is 0.126. The number of thiazole rings is 1. The van der Waals surface area contributed by atoms with Crippen LogP contribution in [0.25, 0.3) is 10.3 Å². The Morgan fingerprint density at radius 3 is 2.64 bits per heavy atom. The van der Waals surface area contributed by atoms with Gasteiger partial charge >= 0.3 is 0 Å². The summed E-state index contributed by atoms with van der Waals surface area (Å²) in [6.07, 6.45) is -0.0752. The van der Waals surface area contributed by atoms with Crippen molar-refractivity contribution in [1.29, 1.82) is 5.26 Å². The van der Waals surface area contributed by atoms with Crippen molar-refractivity contribution in [3.05, 3.63) is 35.4 Å². The molecule has 3 rings (SSSR count). The molecule has 0 aliphatic heterocycles. The fourth-order valence-electron chi connectivity index (χ4n) is 3.30. The van der Waals surface area contributed by atoms with Gasteiger partial charge in [0.05, 0.1) is 36.5 Å². The predicted molar refractivity (Wildman–Crippen MR) is 149 cm³/mol. The maximum Gasteiger partial charge on any atom is 0.192 e. The first-order chi connectivity index (χ1) is 17.2. The van der Waals surface area contributed by atoms with Crippen LogP contribution < -0.4 is 10.4 Å². The summed E-state index contributed by atoms with van der Waals surface area (Å²) in [5, 5.41) is 36.6. The van der Waals surface area contributed by atoms with Crippen molar-refractivity contribution < 1.29 is 14.7 Å². The Balaban J connectivity index is 1.88. The number of hydrogen-bond acceptors (Lipinski definition) is 11.